The number of benzene rings is 1. The van der Waals surface area contributed by atoms with Gasteiger partial charge in [-0.25, -0.2) is 0 Å². The molecular formula is C13H15N5OS. The molecule has 20 heavy (non-hydrogen) atoms. The smallest absolute Gasteiger partial charge is 0.269 e. The van der Waals surface area contributed by atoms with Gasteiger partial charge in [-0.3, -0.25) is 9.48 Å². The fourth-order valence-electron chi connectivity index (χ4n) is 1.78. The lowest BCUT2D eigenvalue weighted by atomic mass is 10.3. The zero-order chi connectivity index (χ0) is 14.5. The number of thiocarbonyl (C=S) groups is 1. The molecule has 0 unspecified atom stereocenters. The fourth-order valence-corrected chi connectivity index (χ4v) is 2.01. The molecular weight excluding hydrogens is 274 g/mol. The number of amides is 1. The second-order valence-corrected chi connectivity index (χ2v) is 4.44. The molecule has 104 valence electrons. The van der Waals surface area contributed by atoms with Crippen molar-refractivity contribution in [1.82, 2.24) is 9.78 Å². The Hall–Kier alpha value is -2.41. The van der Waals surface area contributed by atoms with Crippen LogP contribution < -0.4 is 16.4 Å². The molecule has 0 bridgehead atoms. The Kier molecular flexibility index (Phi) is 4.31. The first-order valence-electron chi connectivity index (χ1n) is 6.10. The third-order valence-electron chi connectivity index (χ3n) is 2.65. The van der Waals surface area contributed by atoms with Gasteiger partial charge in [0.2, 0.25) is 0 Å². The minimum Gasteiger partial charge on any atom is -0.364 e. The number of aryl methyl sites for hydroxylation is 1. The lowest BCUT2D eigenvalue weighted by molar-refractivity contribution is 0.0991. The number of nitrogens with one attached hydrogen (secondary N) is 2. The molecule has 0 atom stereocenters. The summed E-state index contributed by atoms with van der Waals surface area (Å²) < 4.78 is 1.52. The van der Waals surface area contributed by atoms with Crippen molar-refractivity contribution in [2.24, 2.45) is 5.73 Å². The van der Waals surface area contributed by atoms with E-state index in [4.69, 9.17) is 18.0 Å². The third kappa shape index (κ3) is 3.12. The molecule has 0 saturated carbocycles. The predicted octanol–water partition coefficient (Wildman–Crippen LogP) is 1.81. The molecule has 1 aromatic carbocycles. The Morgan fingerprint density at radius 2 is 2.05 bits per heavy atom. The molecule has 4 N–H and O–H groups in total. The Morgan fingerprint density at radius 1 is 1.35 bits per heavy atom. The summed E-state index contributed by atoms with van der Waals surface area (Å²) in [5.74, 6) is -0.547. The van der Waals surface area contributed by atoms with Crippen LogP contribution in [0.4, 0.5) is 11.4 Å². The SMILES string of the molecule is CCn1ncc(NC(=S)Nc2ccccc2)c1C(N)=O. The van der Waals surface area contributed by atoms with E-state index in [1.807, 2.05) is 37.3 Å². The molecule has 0 radical (unpaired) electrons. The summed E-state index contributed by atoms with van der Waals surface area (Å²) in [6, 6.07) is 9.48. The summed E-state index contributed by atoms with van der Waals surface area (Å²) in [6.07, 6.45) is 1.53. The van der Waals surface area contributed by atoms with Crippen LogP contribution in [0.25, 0.3) is 0 Å². The van der Waals surface area contributed by atoms with Gasteiger partial charge >= 0.3 is 0 Å². The molecule has 0 saturated heterocycles. The minimum absolute atomic E-state index is 0.310. The summed E-state index contributed by atoms with van der Waals surface area (Å²) >= 11 is 5.20. The van der Waals surface area contributed by atoms with E-state index in [0.717, 1.165) is 5.69 Å². The number of hydrogen-bond acceptors (Lipinski definition) is 3. The third-order valence-corrected chi connectivity index (χ3v) is 2.86. The van der Waals surface area contributed by atoms with Gasteiger partial charge in [0.1, 0.15) is 5.69 Å². The van der Waals surface area contributed by atoms with Gasteiger partial charge in [-0.15, -0.1) is 0 Å². The first-order valence-corrected chi connectivity index (χ1v) is 6.51. The van der Waals surface area contributed by atoms with Crippen LogP contribution in [-0.2, 0) is 6.54 Å². The number of hydrogen-bond donors (Lipinski definition) is 3. The molecule has 0 spiro atoms. The fraction of sp³-hybridized carbons (Fsp3) is 0.154. The molecule has 7 heteroatoms. The maximum Gasteiger partial charge on any atom is 0.269 e. The highest BCUT2D eigenvalue weighted by Crippen LogP contribution is 2.15. The quantitative estimate of drug-likeness (QED) is 0.747. The van der Waals surface area contributed by atoms with Gasteiger partial charge in [0, 0.05) is 12.2 Å². The zero-order valence-electron chi connectivity index (χ0n) is 11.0. The normalized spacial score (nSPS) is 10.1. The van der Waals surface area contributed by atoms with Crippen molar-refractivity contribution in [3.63, 3.8) is 0 Å². The molecule has 6 nitrogen and oxygen atoms in total. The number of rotatable bonds is 4. The molecule has 0 fully saturated rings. The van der Waals surface area contributed by atoms with Crippen LogP contribution in [0, 0.1) is 0 Å². The van der Waals surface area contributed by atoms with Crippen molar-refractivity contribution in [2.75, 3.05) is 10.6 Å². The van der Waals surface area contributed by atoms with Crippen molar-refractivity contribution < 1.29 is 4.79 Å². The highest BCUT2D eigenvalue weighted by atomic mass is 32.1. The second-order valence-electron chi connectivity index (χ2n) is 4.03. The summed E-state index contributed by atoms with van der Waals surface area (Å²) in [5.41, 5.74) is 7.02. The van der Waals surface area contributed by atoms with E-state index in [9.17, 15) is 4.79 Å². The van der Waals surface area contributed by atoms with Crippen molar-refractivity contribution in [3.8, 4) is 0 Å². The Bertz CT molecular complexity index is 623. The van der Waals surface area contributed by atoms with Crippen LogP contribution >= 0.6 is 12.2 Å². The van der Waals surface area contributed by atoms with Crippen molar-refractivity contribution in [3.05, 3.63) is 42.2 Å². The van der Waals surface area contributed by atoms with Crippen molar-refractivity contribution >= 4 is 34.6 Å². The topological polar surface area (TPSA) is 85.0 Å². The van der Waals surface area contributed by atoms with Crippen molar-refractivity contribution in [2.45, 2.75) is 13.5 Å². The first kappa shape index (κ1) is 14.0. The lowest BCUT2D eigenvalue weighted by Gasteiger charge is -2.10. The average molecular weight is 289 g/mol. The van der Waals surface area contributed by atoms with Crippen LogP contribution in [-0.4, -0.2) is 20.8 Å². The zero-order valence-corrected chi connectivity index (χ0v) is 11.8. The molecule has 0 aliphatic heterocycles. The first-order chi connectivity index (χ1) is 9.61. The van der Waals surface area contributed by atoms with Crippen LogP contribution in [0.3, 0.4) is 0 Å². The summed E-state index contributed by atoms with van der Waals surface area (Å²) in [6.45, 7) is 2.43. The monoisotopic (exact) mass is 289 g/mol. The molecule has 1 aromatic heterocycles. The number of carbonyl (C=O) groups excluding carboxylic acids is 1. The number of nitrogens with zero attached hydrogens (tertiary/aromatic N) is 2. The largest absolute Gasteiger partial charge is 0.364 e. The maximum absolute atomic E-state index is 11.5. The minimum atomic E-state index is -0.547. The number of nitrogens with two attached hydrogens (primary N) is 1. The van der Waals surface area contributed by atoms with E-state index in [1.54, 1.807) is 0 Å². The molecule has 2 rings (SSSR count). The van der Waals surface area contributed by atoms with Gasteiger partial charge in [0.15, 0.2) is 5.11 Å². The summed E-state index contributed by atoms with van der Waals surface area (Å²) in [4.78, 5) is 11.5. The van der Waals surface area contributed by atoms with Gasteiger partial charge in [0.25, 0.3) is 5.91 Å². The molecule has 0 aliphatic carbocycles. The molecule has 1 amide bonds. The number of carbonyl (C=O) groups is 1. The van der Waals surface area contributed by atoms with E-state index >= 15 is 0 Å². The van der Waals surface area contributed by atoms with E-state index in [0.29, 0.717) is 23.0 Å². The Morgan fingerprint density at radius 3 is 2.65 bits per heavy atom. The van der Waals surface area contributed by atoms with Crippen molar-refractivity contribution in [1.29, 1.82) is 0 Å². The second kappa shape index (κ2) is 6.16. The van der Waals surface area contributed by atoms with Gasteiger partial charge in [-0.05, 0) is 31.3 Å². The van der Waals surface area contributed by atoms with E-state index in [-0.39, 0.29) is 0 Å². The summed E-state index contributed by atoms with van der Waals surface area (Å²) in [7, 11) is 0. The van der Waals surface area contributed by atoms with Crippen LogP contribution in [0.15, 0.2) is 36.5 Å². The summed E-state index contributed by atoms with van der Waals surface area (Å²) in [5, 5.41) is 10.4. The number of primary amides is 1. The molecule has 2 aromatic rings. The average Bonchev–Trinajstić information content (AvgIpc) is 2.82. The van der Waals surface area contributed by atoms with Gasteiger partial charge in [-0.2, -0.15) is 5.10 Å². The highest BCUT2D eigenvalue weighted by molar-refractivity contribution is 7.80. The Labute approximate surface area is 122 Å². The Balaban J connectivity index is 2.12. The van der Waals surface area contributed by atoms with Crippen LogP contribution in [0.2, 0.25) is 0 Å². The molecule has 1 heterocycles. The van der Waals surface area contributed by atoms with Gasteiger partial charge < -0.3 is 16.4 Å². The van der Waals surface area contributed by atoms with E-state index in [2.05, 4.69) is 15.7 Å². The lowest BCUT2D eigenvalue weighted by Crippen LogP contribution is -2.23. The number of aromatic nitrogens is 2. The highest BCUT2D eigenvalue weighted by Gasteiger charge is 2.15. The molecule has 0 aliphatic rings. The van der Waals surface area contributed by atoms with E-state index in [1.165, 1.54) is 10.9 Å². The number of anilines is 2. The predicted molar refractivity (Wildman–Crippen MR) is 82.7 cm³/mol. The maximum atomic E-state index is 11.5. The van der Waals surface area contributed by atoms with Gasteiger partial charge in [-0.1, -0.05) is 18.2 Å². The van der Waals surface area contributed by atoms with Crippen LogP contribution in [0.5, 0.6) is 0 Å². The van der Waals surface area contributed by atoms with E-state index < -0.39 is 5.91 Å². The van der Waals surface area contributed by atoms with Gasteiger partial charge in [0.05, 0.1) is 11.9 Å². The van der Waals surface area contributed by atoms with Crippen LogP contribution in [0.1, 0.15) is 17.4 Å². The standard InChI is InChI=1S/C13H15N5OS/c1-2-18-11(12(14)19)10(8-15-18)17-13(20)16-9-6-4-3-5-7-9/h3-8H,2H2,1H3,(H2,14,19)(H2,16,17,20). The number of para-hydroxylation sites is 1.